The quantitative estimate of drug-likeness (QED) is 0.368. The summed E-state index contributed by atoms with van der Waals surface area (Å²) >= 11 is 0. The van der Waals surface area contributed by atoms with Gasteiger partial charge in [-0.05, 0) is 52.3 Å². The Morgan fingerprint density at radius 2 is 2.08 bits per heavy atom. The topological polar surface area (TPSA) is 112 Å². The summed E-state index contributed by atoms with van der Waals surface area (Å²) in [7, 11) is 0. The summed E-state index contributed by atoms with van der Waals surface area (Å²) < 4.78 is 19.2. The number of fused-ring (bicyclic) bond motifs is 2. The lowest BCUT2D eigenvalue weighted by molar-refractivity contribution is -0.117. The van der Waals surface area contributed by atoms with E-state index in [0.29, 0.717) is 65.8 Å². The molecule has 1 fully saturated rings. The number of carbonyl (C=O) groups is 2. The number of amides is 1. The van der Waals surface area contributed by atoms with Gasteiger partial charge in [0, 0.05) is 37.6 Å². The van der Waals surface area contributed by atoms with E-state index >= 15 is 0 Å². The number of rotatable bonds is 6. The molecule has 1 atom stereocenters. The Morgan fingerprint density at radius 1 is 1.25 bits per heavy atom. The van der Waals surface area contributed by atoms with Crippen molar-refractivity contribution in [1.29, 1.82) is 0 Å². The van der Waals surface area contributed by atoms with E-state index in [1.54, 1.807) is 29.0 Å². The highest BCUT2D eigenvalue weighted by Crippen LogP contribution is 2.33. The maximum absolute atomic E-state index is 12.8. The Balaban J connectivity index is 1.46. The molecule has 1 saturated carbocycles. The number of pyridine rings is 1. The standard InChI is InChI=1S/C26H29N5O5/c1-5-30(25(33)36-26(2,3)4)24-18-13-21(35-20(18)10-11-27-24)19-14-28-22-8-9-23(29-31(19)22)34-15-16-6-7-17(32)12-16/h8-11,13-14,16H,5-7,12,15H2,1-4H3/t16-/m0/s1. The Hall–Kier alpha value is -3.95. The van der Waals surface area contributed by atoms with Crippen molar-refractivity contribution in [3.05, 3.63) is 36.7 Å². The lowest BCUT2D eigenvalue weighted by atomic mass is 10.1. The van der Waals surface area contributed by atoms with E-state index in [2.05, 4.69) is 15.1 Å². The van der Waals surface area contributed by atoms with Gasteiger partial charge < -0.3 is 13.9 Å². The molecule has 188 valence electrons. The third-order valence-electron chi connectivity index (χ3n) is 6.02. The molecule has 10 nitrogen and oxygen atoms in total. The van der Waals surface area contributed by atoms with Crippen LogP contribution in [0.15, 0.2) is 41.1 Å². The van der Waals surface area contributed by atoms with Gasteiger partial charge in [-0.25, -0.2) is 19.3 Å². The predicted octanol–water partition coefficient (Wildman–Crippen LogP) is 5.05. The highest BCUT2D eigenvalue weighted by Gasteiger charge is 2.26. The van der Waals surface area contributed by atoms with Gasteiger partial charge in [-0.2, -0.15) is 0 Å². The maximum Gasteiger partial charge on any atom is 0.416 e. The number of ketones is 1. The first-order chi connectivity index (χ1) is 17.2. The van der Waals surface area contributed by atoms with E-state index in [1.807, 2.05) is 39.8 Å². The maximum atomic E-state index is 12.8. The summed E-state index contributed by atoms with van der Waals surface area (Å²) in [6.07, 6.45) is 4.84. The molecular weight excluding hydrogens is 462 g/mol. The second kappa shape index (κ2) is 9.25. The Labute approximate surface area is 208 Å². The summed E-state index contributed by atoms with van der Waals surface area (Å²) in [6, 6.07) is 7.17. The third-order valence-corrected chi connectivity index (χ3v) is 6.02. The van der Waals surface area contributed by atoms with Gasteiger partial charge in [0.2, 0.25) is 5.88 Å². The molecule has 36 heavy (non-hydrogen) atoms. The van der Waals surface area contributed by atoms with Crippen LogP contribution in [0, 0.1) is 5.92 Å². The molecule has 4 aromatic heterocycles. The van der Waals surface area contributed by atoms with Crippen LogP contribution in [-0.4, -0.2) is 50.2 Å². The number of hydrogen-bond acceptors (Lipinski definition) is 8. The highest BCUT2D eigenvalue weighted by atomic mass is 16.6. The summed E-state index contributed by atoms with van der Waals surface area (Å²) in [6.45, 7) is 8.17. The molecule has 4 aromatic rings. The lowest BCUT2D eigenvalue weighted by Crippen LogP contribution is -2.37. The van der Waals surface area contributed by atoms with Gasteiger partial charge in [0.25, 0.3) is 0 Å². The summed E-state index contributed by atoms with van der Waals surface area (Å²) in [5, 5.41) is 5.27. The van der Waals surface area contributed by atoms with Crippen LogP contribution in [0.2, 0.25) is 0 Å². The number of imidazole rings is 1. The molecule has 0 radical (unpaired) electrons. The molecule has 5 rings (SSSR count). The zero-order valence-electron chi connectivity index (χ0n) is 20.9. The van der Waals surface area contributed by atoms with Gasteiger partial charge >= 0.3 is 6.09 Å². The number of ether oxygens (including phenoxy) is 2. The second-order valence-corrected chi connectivity index (χ2v) is 9.93. The molecule has 4 heterocycles. The van der Waals surface area contributed by atoms with Gasteiger partial charge in [-0.3, -0.25) is 9.69 Å². The molecule has 0 unspecified atom stereocenters. The van der Waals surface area contributed by atoms with E-state index in [-0.39, 0.29) is 11.7 Å². The number of furan rings is 1. The van der Waals surface area contributed by atoms with Crippen molar-refractivity contribution in [2.75, 3.05) is 18.1 Å². The van der Waals surface area contributed by atoms with Crippen LogP contribution in [0.25, 0.3) is 28.1 Å². The van der Waals surface area contributed by atoms with Crippen LogP contribution in [-0.2, 0) is 9.53 Å². The highest BCUT2D eigenvalue weighted by molar-refractivity contribution is 5.99. The minimum Gasteiger partial charge on any atom is -0.476 e. The van der Waals surface area contributed by atoms with Gasteiger partial charge in [-0.15, -0.1) is 5.10 Å². The molecule has 0 spiro atoms. The normalized spacial score (nSPS) is 16.1. The van der Waals surface area contributed by atoms with Crippen molar-refractivity contribution < 1.29 is 23.5 Å². The number of Topliss-reactive ketones (excluding diaryl/α,β-unsaturated/α-hetero) is 1. The lowest BCUT2D eigenvalue weighted by Gasteiger charge is -2.26. The second-order valence-electron chi connectivity index (χ2n) is 9.93. The first-order valence-electron chi connectivity index (χ1n) is 12.1. The minimum absolute atomic E-state index is 0.227. The van der Waals surface area contributed by atoms with Crippen LogP contribution in [0.4, 0.5) is 10.6 Å². The van der Waals surface area contributed by atoms with Crippen molar-refractivity contribution in [1.82, 2.24) is 19.6 Å². The van der Waals surface area contributed by atoms with Gasteiger partial charge in [-0.1, -0.05) is 0 Å². The number of aromatic nitrogens is 4. The average molecular weight is 492 g/mol. The zero-order valence-corrected chi connectivity index (χ0v) is 20.9. The van der Waals surface area contributed by atoms with E-state index in [9.17, 15) is 9.59 Å². The molecule has 0 N–H and O–H groups in total. The third kappa shape index (κ3) is 4.75. The van der Waals surface area contributed by atoms with Crippen LogP contribution in [0.1, 0.15) is 47.0 Å². The first kappa shape index (κ1) is 23.8. The van der Waals surface area contributed by atoms with Crippen molar-refractivity contribution in [3.8, 4) is 17.3 Å². The van der Waals surface area contributed by atoms with E-state index in [0.717, 1.165) is 6.42 Å². The fourth-order valence-corrected chi connectivity index (χ4v) is 4.31. The molecule has 1 amide bonds. The summed E-state index contributed by atoms with van der Waals surface area (Å²) in [5.41, 5.74) is 1.21. The Kier molecular flexibility index (Phi) is 6.11. The first-order valence-corrected chi connectivity index (χ1v) is 12.1. The average Bonchev–Trinajstić information content (AvgIpc) is 3.54. The molecule has 0 aliphatic heterocycles. The van der Waals surface area contributed by atoms with Gasteiger partial charge in [0.1, 0.15) is 28.5 Å². The Bertz CT molecular complexity index is 1430. The van der Waals surface area contributed by atoms with Crippen LogP contribution < -0.4 is 9.64 Å². The molecule has 10 heteroatoms. The van der Waals surface area contributed by atoms with Crippen LogP contribution >= 0.6 is 0 Å². The van der Waals surface area contributed by atoms with Crippen molar-refractivity contribution in [2.24, 2.45) is 5.92 Å². The summed E-state index contributed by atoms with van der Waals surface area (Å²) in [4.78, 5) is 34.7. The number of nitrogens with zero attached hydrogens (tertiary/aromatic N) is 5. The largest absolute Gasteiger partial charge is 0.476 e. The summed E-state index contributed by atoms with van der Waals surface area (Å²) in [5.74, 6) is 1.94. The molecular formula is C26H29N5O5. The number of anilines is 1. The smallest absolute Gasteiger partial charge is 0.416 e. The zero-order chi connectivity index (χ0) is 25.4. The monoisotopic (exact) mass is 491 g/mol. The van der Waals surface area contributed by atoms with Crippen LogP contribution in [0.3, 0.4) is 0 Å². The molecule has 1 aliphatic carbocycles. The van der Waals surface area contributed by atoms with Gasteiger partial charge in [0.05, 0.1) is 18.2 Å². The fraction of sp³-hybridized carbons (Fsp3) is 0.423. The van der Waals surface area contributed by atoms with E-state index < -0.39 is 11.7 Å². The Morgan fingerprint density at radius 3 is 2.81 bits per heavy atom. The molecule has 0 bridgehead atoms. The van der Waals surface area contributed by atoms with Gasteiger partial charge in [0.15, 0.2) is 11.4 Å². The minimum atomic E-state index is -0.630. The van der Waals surface area contributed by atoms with Crippen LogP contribution in [0.5, 0.6) is 5.88 Å². The van der Waals surface area contributed by atoms with E-state index in [4.69, 9.17) is 13.9 Å². The fourth-order valence-electron chi connectivity index (χ4n) is 4.31. The molecule has 1 aliphatic rings. The SMILES string of the molecule is CCN(C(=O)OC(C)(C)C)c1nccc2oc(-c3cnc4ccc(OC[C@H]5CCC(=O)C5)nn34)cc12. The van der Waals surface area contributed by atoms with Crippen molar-refractivity contribution in [3.63, 3.8) is 0 Å². The predicted molar refractivity (Wildman–Crippen MR) is 133 cm³/mol. The van der Waals surface area contributed by atoms with Crippen molar-refractivity contribution >= 4 is 34.3 Å². The molecule has 0 saturated heterocycles. The van der Waals surface area contributed by atoms with E-state index in [1.165, 1.54) is 4.90 Å². The van der Waals surface area contributed by atoms with Crippen molar-refractivity contribution in [2.45, 2.75) is 52.6 Å². The number of hydrogen-bond donors (Lipinski definition) is 0. The number of carbonyl (C=O) groups excluding carboxylic acids is 2. The molecule has 0 aromatic carbocycles.